The van der Waals surface area contributed by atoms with Crippen LogP contribution in [0.1, 0.15) is 89.0 Å². The Morgan fingerprint density at radius 1 is 1.11 bits per heavy atom. The number of carboxylic acid groups (broad SMARTS) is 1. The third-order valence-corrected chi connectivity index (χ3v) is 8.29. The first kappa shape index (κ1) is 29.3. The summed E-state index contributed by atoms with van der Waals surface area (Å²) in [6, 6.07) is 10.6. The van der Waals surface area contributed by atoms with Crippen LogP contribution in [0.15, 0.2) is 30.3 Å². The van der Waals surface area contributed by atoms with Crippen LogP contribution in [0, 0.1) is 11.8 Å². The Hall–Kier alpha value is -2.28. The Bertz CT molecular complexity index is 799. The van der Waals surface area contributed by atoms with Crippen molar-refractivity contribution in [3.8, 4) is 0 Å². The molecule has 1 saturated heterocycles. The summed E-state index contributed by atoms with van der Waals surface area (Å²) in [5.74, 6) is 1.41. The second-order valence-corrected chi connectivity index (χ2v) is 11.1. The van der Waals surface area contributed by atoms with Gasteiger partial charge in [0.05, 0.1) is 0 Å². The first-order chi connectivity index (χ1) is 18.0. The van der Waals surface area contributed by atoms with Crippen molar-refractivity contribution in [2.24, 2.45) is 11.8 Å². The molecule has 37 heavy (non-hydrogen) atoms. The minimum atomic E-state index is -0.948. The maximum absolute atomic E-state index is 13.5. The van der Waals surface area contributed by atoms with E-state index in [0.717, 1.165) is 64.8 Å². The highest BCUT2D eigenvalue weighted by atomic mass is 16.5. The molecule has 208 valence electrons. The molecular formula is C30H49N3O4. The van der Waals surface area contributed by atoms with Crippen molar-refractivity contribution < 1.29 is 19.4 Å². The summed E-state index contributed by atoms with van der Waals surface area (Å²) < 4.78 is 5.55. The zero-order valence-electron chi connectivity index (χ0n) is 23.1. The minimum absolute atomic E-state index is 0.0348. The number of nitrogens with one attached hydrogen (secondary N) is 1. The van der Waals surface area contributed by atoms with Crippen molar-refractivity contribution in [3.63, 3.8) is 0 Å². The van der Waals surface area contributed by atoms with Crippen LogP contribution in [0.25, 0.3) is 0 Å². The van der Waals surface area contributed by atoms with Gasteiger partial charge in [-0.2, -0.15) is 0 Å². The maximum atomic E-state index is 13.5. The number of hydrogen-bond donors (Lipinski definition) is 2. The van der Waals surface area contributed by atoms with Gasteiger partial charge in [-0.1, -0.05) is 68.9 Å². The third-order valence-electron chi connectivity index (χ3n) is 8.29. The highest BCUT2D eigenvalue weighted by Gasteiger charge is 2.32. The van der Waals surface area contributed by atoms with Crippen molar-refractivity contribution in [2.75, 3.05) is 39.9 Å². The molecule has 0 spiro atoms. The van der Waals surface area contributed by atoms with E-state index < -0.39 is 6.09 Å². The third kappa shape index (κ3) is 9.84. The van der Waals surface area contributed by atoms with E-state index in [9.17, 15) is 14.7 Å². The number of hydrogen-bond acceptors (Lipinski definition) is 3. The SMILES string of the molecule is CCOCCCC[C@@H](c1ccccc1)[C@@H]1CCCN(C(=O)N[C@@H](CC2CCCCC2)CN(C)C(=O)O)C1. The molecule has 0 radical (unpaired) electrons. The predicted octanol–water partition coefficient (Wildman–Crippen LogP) is 6.35. The van der Waals surface area contributed by atoms with Gasteiger partial charge in [0.15, 0.2) is 0 Å². The number of amides is 3. The number of piperidine rings is 1. The summed E-state index contributed by atoms with van der Waals surface area (Å²) in [7, 11) is 1.59. The molecule has 0 aromatic heterocycles. The molecule has 3 atom stereocenters. The molecule has 1 aliphatic heterocycles. The van der Waals surface area contributed by atoms with Crippen LogP contribution in [-0.4, -0.2) is 73.0 Å². The van der Waals surface area contributed by atoms with Gasteiger partial charge in [-0.25, -0.2) is 9.59 Å². The van der Waals surface area contributed by atoms with E-state index >= 15 is 0 Å². The first-order valence-corrected chi connectivity index (χ1v) is 14.6. The summed E-state index contributed by atoms with van der Waals surface area (Å²) in [5, 5.41) is 12.7. The van der Waals surface area contributed by atoms with Crippen molar-refractivity contribution in [2.45, 2.75) is 89.5 Å². The average molecular weight is 516 g/mol. The van der Waals surface area contributed by atoms with Crippen LogP contribution in [0.5, 0.6) is 0 Å². The lowest BCUT2D eigenvalue weighted by atomic mass is 9.78. The van der Waals surface area contributed by atoms with Gasteiger partial charge < -0.3 is 25.0 Å². The van der Waals surface area contributed by atoms with E-state index in [4.69, 9.17) is 4.74 Å². The van der Waals surface area contributed by atoms with E-state index in [1.807, 2.05) is 11.8 Å². The van der Waals surface area contributed by atoms with E-state index in [2.05, 4.69) is 35.6 Å². The highest BCUT2D eigenvalue weighted by molar-refractivity contribution is 5.75. The molecule has 3 amide bonds. The van der Waals surface area contributed by atoms with E-state index in [1.165, 1.54) is 42.6 Å². The van der Waals surface area contributed by atoms with Crippen LogP contribution in [-0.2, 0) is 4.74 Å². The number of urea groups is 1. The van der Waals surface area contributed by atoms with Gasteiger partial charge in [0.1, 0.15) is 0 Å². The highest BCUT2D eigenvalue weighted by Crippen LogP contribution is 2.36. The molecule has 7 nitrogen and oxygen atoms in total. The molecule has 2 aliphatic rings. The molecule has 1 aromatic rings. The molecule has 0 unspecified atom stereocenters. The second-order valence-electron chi connectivity index (χ2n) is 11.1. The monoisotopic (exact) mass is 515 g/mol. The summed E-state index contributed by atoms with van der Waals surface area (Å²) in [6.45, 7) is 5.46. The maximum Gasteiger partial charge on any atom is 0.407 e. The average Bonchev–Trinajstić information content (AvgIpc) is 2.91. The quantitative estimate of drug-likeness (QED) is 0.300. The van der Waals surface area contributed by atoms with Gasteiger partial charge >= 0.3 is 12.1 Å². The molecular weight excluding hydrogens is 466 g/mol. The molecule has 3 rings (SSSR count). The van der Waals surface area contributed by atoms with Gasteiger partial charge in [-0.15, -0.1) is 0 Å². The summed E-state index contributed by atoms with van der Waals surface area (Å²) in [4.78, 5) is 28.3. The van der Waals surface area contributed by atoms with E-state index in [-0.39, 0.29) is 12.1 Å². The number of nitrogens with zero attached hydrogens (tertiary/aromatic N) is 2. The topological polar surface area (TPSA) is 82.1 Å². The van der Waals surface area contributed by atoms with E-state index in [1.54, 1.807) is 7.05 Å². The second kappa shape index (κ2) is 15.9. The smallest absolute Gasteiger partial charge is 0.407 e. The fraction of sp³-hybridized carbons (Fsp3) is 0.733. The fourth-order valence-corrected chi connectivity index (χ4v) is 6.29. The van der Waals surface area contributed by atoms with Crippen molar-refractivity contribution in [1.82, 2.24) is 15.1 Å². The molecule has 1 heterocycles. The summed E-state index contributed by atoms with van der Waals surface area (Å²) >= 11 is 0. The van der Waals surface area contributed by atoms with E-state index in [0.29, 0.717) is 24.3 Å². The van der Waals surface area contributed by atoms with Crippen molar-refractivity contribution >= 4 is 12.1 Å². The molecule has 2 fully saturated rings. The predicted molar refractivity (Wildman–Crippen MR) is 148 cm³/mol. The lowest BCUT2D eigenvalue weighted by molar-refractivity contribution is 0.132. The number of unbranched alkanes of at least 4 members (excludes halogenated alkanes) is 1. The normalized spacial score (nSPS) is 20.3. The number of carbonyl (C=O) groups is 2. The Labute approximate surface area is 223 Å². The summed E-state index contributed by atoms with van der Waals surface area (Å²) in [6.07, 6.45) is 11.4. The van der Waals surface area contributed by atoms with Crippen LogP contribution < -0.4 is 5.32 Å². The molecule has 2 N–H and O–H groups in total. The van der Waals surface area contributed by atoms with Crippen LogP contribution in [0.2, 0.25) is 0 Å². The summed E-state index contributed by atoms with van der Waals surface area (Å²) in [5.41, 5.74) is 1.37. The number of carbonyl (C=O) groups excluding carboxylic acids is 1. The van der Waals surface area contributed by atoms with Gasteiger partial charge in [-0.3, -0.25) is 0 Å². The first-order valence-electron chi connectivity index (χ1n) is 14.6. The number of rotatable bonds is 13. The molecule has 7 heteroatoms. The number of benzene rings is 1. The number of likely N-dealkylation sites (N-methyl/N-ethyl adjacent to an activating group) is 1. The zero-order chi connectivity index (χ0) is 26.5. The Morgan fingerprint density at radius 2 is 1.86 bits per heavy atom. The Kier molecular flexibility index (Phi) is 12.5. The van der Waals surface area contributed by atoms with Crippen LogP contribution in [0.4, 0.5) is 9.59 Å². The van der Waals surface area contributed by atoms with Gasteiger partial charge in [0.2, 0.25) is 0 Å². The zero-order valence-corrected chi connectivity index (χ0v) is 23.1. The Balaban J connectivity index is 1.63. The lowest BCUT2D eigenvalue weighted by Gasteiger charge is -2.38. The largest absolute Gasteiger partial charge is 0.465 e. The molecule has 1 aliphatic carbocycles. The molecule has 0 bridgehead atoms. The van der Waals surface area contributed by atoms with Gasteiger partial charge in [-0.05, 0) is 62.3 Å². The van der Waals surface area contributed by atoms with Crippen LogP contribution >= 0.6 is 0 Å². The minimum Gasteiger partial charge on any atom is -0.465 e. The number of ether oxygens (including phenoxy) is 1. The van der Waals surface area contributed by atoms with Gasteiger partial charge in [0, 0.05) is 45.9 Å². The van der Waals surface area contributed by atoms with Crippen LogP contribution in [0.3, 0.4) is 0 Å². The fourth-order valence-electron chi connectivity index (χ4n) is 6.29. The number of likely N-dealkylation sites (tertiary alicyclic amines) is 1. The lowest BCUT2D eigenvalue weighted by Crippen LogP contribution is -2.52. The van der Waals surface area contributed by atoms with Crippen molar-refractivity contribution in [1.29, 1.82) is 0 Å². The molecule has 1 aromatic carbocycles. The Morgan fingerprint density at radius 3 is 2.57 bits per heavy atom. The van der Waals surface area contributed by atoms with Gasteiger partial charge in [0.25, 0.3) is 0 Å². The molecule has 1 saturated carbocycles. The van der Waals surface area contributed by atoms with Crippen molar-refractivity contribution in [3.05, 3.63) is 35.9 Å². The standard InChI is InChI=1S/C30H49N3O4/c1-3-37-20-11-10-18-28(25-15-8-5-9-16-25)26-17-12-19-33(22-26)29(34)31-27(23-32(2)30(35)36)21-24-13-6-4-7-14-24/h5,8-9,15-16,24,26-28H,3-4,6-7,10-14,17-23H2,1-2H3,(H,31,34)(H,35,36)/t26-,27+,28+/m1/s1.